The van der Waals surface area contributed by atoms with Crippen molar-refractivity contribution in [1.82, 2.24) is 10.0 Å². The smallest absolute Gasteiger partial charge is 0.240 e. The summed E-state index contributed by atoms with van der Waals surface area (Å²) in [5.41, 5.74) is 0.953. The van der Waals surface area contributed by atoms with E-state index in [-0.39, 0.29) is 36.1 Å². The van der Waals surface area contributed by atoms with Crippen LogP contribution in [0.3, 0.4) is 0 Å². The highest BCUT2D eigenvalue weighted by molar-refractivity contribution is 7.89. The molecule has 0 bridgehead atoms. The molecular formula is C17H18F2N2O3S. The highest BCUT2D eigenvalue weighted by Crippen LogP contribution is 2.15. The van der Waals surface area contributed by atoms with Crippen LogP contribution in [0.5, 0.6) is 0 Å². The van der Waals surface area contributed by atoms with E-state index in [0.29, 0.717) is 11.1 Å². The van der Waals surface area contributed by atoms with Gasteiger partial charge in [-0.1, -0.05) is 12.1 Å². The van der Waals surface area contributed by atoms with Crippen LogP contribution in [0.25, 0.3) is 0 Å². The van der Waals surface area contributed by atoms with Crippen molar-refractivity contribution in [2.24, 2.45) is 0 Å². The number of aryl methyl sites for hydroxylation is 1. The third kappa shape index (κ3) is 5.61. The van der Waals surface area contributed by atoms with Gasteiger partial charge in [0.15, 0.2) is 0 Å². The third-order valence-corrected chi connectivity index (χ3v) is 5.06. The monoisotopic (exact) mass is 368 g/mol. The van der Waals surface area contributed by atoms with Gasteiger partial charge in [-0.2, -0.15) is 0 Å². The Morgan fingerprint density at radius 2 is 1.64 bits per heavy atom. The van der Waals surface area contributed by atoms with E-state index in [1.807, 2.05) is 0 Å². The lowest BCUT2D eigenvalue weighted by Crippen LogP contribution is -2.35. The number of carbonyl (C=O) groups excluding carboxylic acids is 1. The fourth-order valence-corrected chi connectivity index (χ4v) is 3.49. The molecule has 1 amide bonds. The van der Waals surface area contributed by atoms with Gasteiger partial charge in [-0.3, -0.25) is 4.79 Å². The predicted octanol–water partition coefficient (Wildman–Crippen LogP) is 1.91. The summed E-state index contributed by atoms with van der Waals surface area (Å²) in [4.78, 5) is 11.8. The zero-order valence-electron chi connectivity index (χ0n) is 13.6. The van der Waals surface area contributed by atoms with Crippen LogP contribution in [0.4, 0.5) is 8.78 Å². The number of hydrogen-bond donors (Lipinski definition) is 2. The summed E-state index contributed by atoms with van der Waals surface area (Å²) < 4.78 is 52.5. The first kappa shape index (κ1) is 19.0. The third-order valence-electron chi connectivity index (χ3n) is 3.44. The largest absolute Gasteiger partial charge is 0.355 e. The number of carbonyl (C=O) groups is 1. The minimum absolute atomic E-state index is 0.00565. The van der Waals surface area contributed by atoms with E-state index in [1.54, 1.807) is 0 Å². The number of sulfonamides is 1. The van der Waals surface area contributed by atoms with Crippen molar-refractivity contribution in [3.8, 4) is 0 Å². The summed E-state index contributed by atoms with van der Waals surface area (Å²) in [6.45, 7) is 1.59. The molecule has 0 aliphatic rings. The minimum atomic E-state index is -3.78. The molecule has 2 aromatic carbocycles. The van der Waals surface area contributed by atoms with Crippen LogP contribution >= 0.6 is 0 Å². The summed E-state index contributed by atoms with van der Waals surface area (Å²) in [7, 11) is -3.78. The van der Waals surface area contributed by atoms with Gasteiger partial charge < -0.3 is 5.32 Å². The highest BCUT2D eigenvalue weighted by Gasteiger charge is 2.16. The van der Waals surface area contributed by atoms with Crippen LogP contribution < -0.4 is 10.0 Å². The molecule has 0 fully saturated rings. The normalized spacial score (nSPS) is 11.3. The Labute approximate surface area is 145 Å². The molecule has 134 valence electrons. The Balaban J connectivity index is 1.81. The van der Waals surface area contributed by atoms with E-state index in [9.17, 15) is 22.0 Å². The maximum absolute atomic E-state index is 13.0. The molecule has 0 spiro atoms. The van der Waals surface area contributed by atoms with Crippen molar-refractivity contribution in [1.29, 1.82) is 0 Å². The molecular weight excluding hydrogens is 350 g/mol. The summed E-state index contributed by atoms with van der Waals surface area (Å²) in [6.07, 6.45) is 0.0735. The first-order valence-electron chi connectivity index (χ1n) is 7.55. The molecule has 0 aliphatic carbocycles. The maximum Gasteiger partial charge on any atom is 0.240 e. The zero-order chi connectivity index (χ0) is 18.4. The minimum Gasteiger partial charge on any atom is -0.355 e. The molecule has 2 aromatic rings. The molecule has 0 aromatic heterocycles. The fraction of sp³-hybridized carbons (Fsp3) is 0.235. The van der Waals surface area contributed by atoms with E-state index in [1.165, 1.54) is 37.3 Å². The second-order valence-electron chi connectivity index (χ2n) is 5.46. The van der Waals surface area contributed by atoms with E-state index in [0.717, 1.165) is 12.1 Å². The molecule has 2 rings (SSSR count). The number of amides is 1. The number of hydrogen-bond acceptors (Lipinski definition) is 3. The van der Waals surface area contributed by atoms with Crippen LogP contribution in [-0.2, 0) is 21.2 Å². The average Bonchev–Trinajstić information content (AvgIpc) is 2.53. The lowest BCUT2D eigenvalue weighted by molar-refractivity contribution is -0.120. The Bertz CT molecular complexity index is 853. The van der Waals surface area contributed by atoms with Gasteiger partial charge in [-0.15, -0.1) is 0 Å². The van der Waals surface area contributed by atoms with E-state index >= 15 is 0 Å². The number of halogens is 2. The molecule has 0 saturated carbocycles. The molecule has 5 nitrogen and oxygen atoms in total. The van der Waals surface area contributed by atoms with Crippen molar-refractivity contribution >= 4 is 15.9 Å². The van der Waals surface area contributed by atoms with Crippen molar-refractivity contribution in [2.75, 3.05) is 13.1 Å². The van der Waals surface area contributed by atoms with Gasteiger partial charge in [0, 0.05) is 13.1 Å². The molecule has 0 atom stereocenters. The van der Waals surface area contributed by atoms with Crippen molar-refractivity contribution in [3.63, 3.8) is 0 Å². The van der Waals surface area contributed by atoms with Crippen molar-refractivity contribution in [2.45, 2.75) is 18.2 Å². The quantitative estimate of drug-likeness (QED) is 0.733. The van der Waals surface area contributed by atoms with E-state index < -0.39 is 15.8 Å². The Kier molecular flexibility index (Phi) is 6.22. The number of nitrogens with one attached hydrogen (secondary N) is 2. The Morgan fingerprint density at radius 1 is 1.00 bits per heavy atom. The molecule has 0 radical (unpaired) electrons. The number of rotatable bonds is 7. The topological polar surface area (TPSA) is 75.3 Å². The summed E-state index contributed by atoms with van der Waals surface area (Å²) in [5.74, 6) is -1.19. The van der Waals surface area contributed by atoms with Gasteiger partial charge >= 0.3 is 0 Å². The fourth-order valence-electron chi connectivity index (χ4n) is 2.23. The summed E-state index contributed by atoms with van der Waals surface area (Å²) >= 11 is 0. The molecule has 2 N–H and O–H groups in total. The molecule has 8 heteroatoms. The second kappa shape index (κ2) is 8.17. The first-order valence-corrected chi connectivity index (χ1v) is 9.03. The van der Waals surface area contributed by atoms with Gasteiger partial charge in [-0.05, 0) is 48.4 Å². The van der Waals surface area contributed by atoms with E-state index in [2.05, 4.69) is 10.0 Å². The predicted molar refractivity (Wildman–Crippen MR) is 89.4 cm³/mol. The average molecular weight is 368 g/mol. The summed E-state index contributed by atoms with van der Waals surface area (Å²) in [5, 5.41) is 2.57. The summed E-state index contributed by atoms with van der Waals surface area (Å²) in [6, 6.07) is 8.96. The lowest BCUT2D eigenvalue weighted by Gasteiger charge is -2.10. The highest BCUT2D eigenvalue weighted by atomic mass is 32.2. The number of benzene rings is 2. The van der Waals surface area contributed by atoms with Gasteiger partial charge in [-0.25, -0.2) is 21.9 Å². The van der Waals surface area contributed by atoms with Gasteiger partial charge in [0.05, 0.1) is 11.3 Å². The second-order valence-corrected chi connectivity index (χ2v) is 7.20. The molecule has 0 aliphatic heterocycles. The van der Waals surface area contributed by atoms with E-state index in [4.69, 9.17) is 0 Å². The molecule has 0 saturated heterocycles. The van der Waals surface area contributed by atoms with Crippen molar-refractivity contribution in [3.05, 3.63) is 65.2 Å². The Morgan fingerprint density at radius 3 is 2.28 bits per heavy atom. The zero-order valence-corrected chi connectivity index (χ0v) is 14.4. The molecule has 0 unspecified atom stereocenters. The maximum atomic E-state index is 13.0. The first-order chi connectivity index (χ1) is 11.8. The molecule has 25 heavy (non-hydrogen) atoms. The Hall–Kier alpha value is -2.32. The van der Waals surface area contributed by atoms with Gasteiger partial charge in [0.25, 0.3) is 0 Å². The SMILES string of the molecule is Cc1cc(F)ccc1S(=O)(=O)NCCNC(=O)Cc1ccc(F)cc1. The van der Waals surface area contributed by atoms with Gasteiger partial charge in [0.1, 0.15) is 11.6 Å². The van der Waals surface area contributed by atoms with Crippen LogP contribution in [0.15, 0.2) is 47.4 Å². The van der Waals surface area contributed by atoms with Gasteiger partial charge in [0.2, 0.25) is 15.9 Å². The van der Waals surface area contributed by atoms with Crippen LogP contribution in [-0.4, -0.2) is 27.4 Å². The van der Waals surface area contributed by atoms with Crippen LogP contribution in [0.2, 0.25) is 0 Å². The lowest BCUT2D eigenvalue weighted by atomic mass is 10.1. The van der Waals surface area contributed by atoms with Crippen LogP contribution in [0.1, 0.15) is 11.1 Å². The standard InChI is InChI=1S/C17H18F2N2O3S/c1-12-10-15(19)6-7-16(12)25(23,24)21-9-8-20-17(22)11-13-2-4-14(18)5-3-13/h2-7,10,21H,8-9,11H2,1H3,(H,20,22). The van der Waals surface area contributed by atoms with Crippen molar-refractivity contribution < 1.29 is 22.0 Å². The van der Waals surface area contributed by atoms with Crippen LogP contribution in [0, 0.1) is 18.6 Å². The molecule has 0 heterocycles.